The van der Waals surface area contributed by atoms with E-state index in [0.29, 0.717) is 41.5 Å². The first-order chi connectivity index (χ1) is 38.4. The average Bonchev–Trinajstić information content (AvgIpc) is 4.30. The van der Waals surface area contributed by atoms with Crippen LogP contribution in [-0.4, -0.2) is 172 Å². The van der Waals surface area contributed by atoms with Gasteiger partial charge in [0.25, 0.3) is 5.97 Å². The molecule has 0 saturated carbocycles. The number of alkyl carbamates (subject to hydrolysis) is 1. The molecule has 20 nitrogen and oxygen atoms in total. The highest BCUT2D eigenvalue weighted by atomic mass is 35.5. The summed E-state index contributed by atoms with van der Waals surface area (Å²) in [6, 6.07) is 12.4. The number of likely N-dealkylation sites (N-methyl/N-ethyl adjacent to an activating group) is 1. The number of esters is 1. The van der Waals surface area contributed by atoms with E-state index < -0.39 is 71.6 Å². The predicted molar refractivity (Wildman–Crippen MR) is 329 cm³/mol. The Morgan fingerprint density at radius 1 is 0.881 bits per heavy atom. The molecule has 0 radical (unpaired) electrons. The fraction of sp³-hybridized carbons (Fsp3) is 0.542. The van der Waals surface area contributed by atoms with Gasteiger partial charge in [-0.05, 0) is 112 Å². The topological polar surface area (TPSA) is 278 Å². The van der Waals surface area contributed by atoms with Crippen LogP contribution in [0, 0.1) is 17.8 Å². The van der Waals surface area contributed by atoms with Crippen molar-refractivity contribution >= 4 is 95.2 Å². The number of methoxy groups -OCH3 is 2. The number of ether oxygens (including phenoxy) is 5. The van der Waals surface area contributed by atoms with E-state index >= 15 is 0 Å². The Hall–Kier alpha value is -5.42. The molecule has 7 N–H and O–H groups in total. The number of nitrogens with zero attached hydrogens (tertiary/aromatic N) is 3. The number of fused-ring (bicyclic) bond motifs is 5. The summed E-state index contributed by atoms with van der Waals surface area (Å²) in [6.45, 7) is 15.5. The van der Waals surface area contributed by atoms with E-state index in [1.807, 2.05) is 32.2 Å². The minimum atomic E-state index is -1.81. The number of halogens is 5. The number of aliphatic hydroxyl groups is 1. The number of phenolic OH excluding ortho intramolecular Hbond substituents is 4. The lowest BCUT2D eigenvalue weighted by Gasteiger charge is -2.42. The maximum absolute atomic E-state index is 14.0. The fourth-order valence-electron chi connectivity index (χ4n) is 9.21. The lowest BCUT2D eigenvalue weighted by atomic mass is 9.83. The van der Waals surface area contributed by atoms with Gasteiger partial charge in [0.2, 0.25) is 11.8 Å². The maximum Gasteiger partial charge on any atom is 0.409 e. The molecular formula is C59H85Cl5N4O16. The summed E-state index contributed by atoms with van der Waals surface area (Å²) < 4.78 is 28.9. The number of carboxylic acids is 1. The van der Waals surface area contributed by atoms with Crippen molar-refractivity contribution in [2.24, 2.45) is 17.8 Å². The van der Waals surface area contributed by atoms with Gasteiger partial charge in [-0.15, -0.1) is 48.0 Å². The first-order valence-corrected chi connectivity index (χ1v) is 28.1. The van der Waals surface area contributed by atoms with Crippen molar-refractivity contribution in [3.63, 3.8) is 0 Å². The largest absolute Gasteiger partial charge is 0.504 e. The second kappa shape index (κ2) is 35.3. The van der Waals surface area contributed by atoms with Gasteiger partial charge in [-0.1, -0.05) is 68.3 Å². The number of nitrogens with one attached hydrogen (secondary N) is 1. The summed E-state index contributed by atoms with van der Waals surface area (Å²) in [4.78, 5) is 65.8. The molecule has 4 bridgehead atoms. The van der Waals surface area contributed by atoms with E-state index in [0.717, 1.165) is 55.1 Å². The molecule has 3 heterocycles. The van der Waals surface area contributed by atoms with Crippen molar-refractivity contribution in [2.75, 3.05) is 65.1 Å². The van der Waals surface area contributed by atoms with Crippen LogP contribution in [0.1, 0.15) is 84.9 Å². The molecule has 0 spiro atoms. The Morgan fingerprint density at radius 3 is 1.87 bits per heavy atom. The van der Waals surface area contributed by atoms with E-state index in [1.54, 1.807) is 57.3 Å². The summed E-state index contributed by atoms with van der Waals surface area (Å²) in [6.07, 6.45) is 2.60. The highest BCUT2D eigenvalue weighted by Gasteiger charge is 2.64. The van der Waals surface area contributed by atoms with Gasteiger partial charge in [0.15, 0.2) is 28.7 Å². The lowest BCUT2D eigenvalue weighted by Crippen LogP contribution is -2.63. The third-order valence-corrected chi connectivity index (χ3v) is 15.4. The molecular weight excluding hydrogens is 1200 g/mol. The second-order valence-electron chi connectivity index (χ2n) is 21.2. The van der Waals surface area contributed by atoms with E-state index in [4.69, 9.17) is 68.4 Å². The fourth-order valence-corrected chi connectivity index (χ4v) is 10.1. The number of amides is 3. The number of carbonyl (C=O) groups excluding carboxylic acids is 4. The van der Waals surface area contributed by atoms with Crippen molar-refractivity contribution in [1.82, 2.24) is 15.1 Å². The molecule has 2 fully saturated rings. The monoisotopic (exact) mass is 1280 g/mol. The quantitative estimate of drug-likeness (QED) is 0.0342. The number of aliphatic carboxylic acids is 1. The molecule has 3 aliphatic rings. The number of rotatable bonds is 14. The second-order valence-corrected chi connectivity index (χ2v) is 22.4. The molecule has 84 heavy (non-hydrogen) atoms. The molecule has 6 rings (SSSR count). The zero-order valence-electron chi connectivity index (χ0n) is 49.9. The number of allylic oxidation sites excluding steroid dienone is 3. The molecule has 3 aliphatic heterocycles. The van der Waals surface area contributed by atoms with Crippen LogP contribution < -0.4 is 15.0 Å². The van der Waals surface area contributed by atoms with Crippen molar-refractivity contribution in [3.05, 3.63) is 94.0 Å². The van der Waals surface area contributed by atoms with Crippen LogP contribution in [0.2, 0.25) is 5.02 Å². The first-order valence-electron chi connectivity index (χ1n) is 26.7. The Bertz CT molecular complexity index is 2650. The normalized spacial score (nSPS) is 23.9. The molecule has 25 heteroatoms. The van der Waals surface area contributed by atoms with Crippen molar-refractivity contribution in [3.8, 4) is 28.7 Å². The van der Waals surface area contributed by atoms with E-state index in [-0.39, 0.29) is 71.6 Å². The van der Waals surface area contributed by atoms with Gasteiger partial charge in [-0.2, -0.15) is 0 Å². The number of carboxylic acid groups (broad SMARTS) is 1. The number of aromatic hydroxyl groups is 4. The Balaban J connectivity index is 0.000000805. The van der Waals surface area contributed by atoms with Crippen LogP contribution in [0.5, 0.6) is 28.7 Å². The Labute approximate surface area is 520 Å². The number of hydrogen-bond acceptors (Lipinski definition) is 16. The van der Waals surface area contributed by atoms with Crippen LogP contribution in [0.4, 0.5) is 10.5 Å². The minimum absolute atomic E-state index is 0. The van der Waals surface area contributed by atoms with Crippen LogP contribution >= 0.6 is 59.6 Å². The summed E-state index contributed by atoms with van der Waals surface area (Å²) in [5.74, 6) is -0.776. The van der Waals surface area contributed by atoms with Crippen LogP contribution in [-0.2, 0) is 57.4 Å². The van der Waals surface area contributed by atoms with Gasteiger partial charge in [-0.3, -0.25) is 19.7 Å². The zero-order chi connectivity index (χ0) is 62.0. The van der Waals surface area contributed by atoms with Gasteiger partial charge in [-0.25, -0.2) is 9.59 Å². The number of epoxide rings is 1. The van der Waals surface area contributed by atoms with Crippen molar-refractivity contribution in [2.45, 2.75) is 129 Å². The highest BCUT2D eigenvalue weighted by molar-refractivity contribution is 6.35. The van der Waals surface area contributed by atoms with Crippen LogP contribution in [0.15, 0.2) is 72.3 Å². The Kier molecular flexibility index (Phi) is 32.2. The standard InChI is InChI=1S/C34H46ClN3O10.C18H22O4.C5H11Cl2N.C2H4O2.2ClH/c1-18-11-10-12-26(45-9)34(43)17-25(46-32(42)36-34)19(2)30-33(5,48-30)27(47-31(41)20(3)37(6)21(4)39)16-28(40)38(7)23-14-22(13-18)15-24(44-8)29(23)35;1-11(7-13-3-5-15(19)17(21)9-13)12(2)8-14-4-6-16(20)18(22)10-14;1-8(4-2-6)5-3-7;1-2(3)4;;/h10-12,14-15,19-20,25-27,30,43H,13,16-17H2,1-9H3,(H,36,42);3-6,9-12,19-22H,7-8H2,1-2H3;2-5H2,1H3;1H3,(H,3,4);2*1H/b12-10-,18-11-;;;;;/t19-,20+,25+,26-,27+,30+,33+,34+;11-,12+;;;;/m1...../s1. The van der Waals surface area contributed by atoms with Crippen molar-refractivity contribution in [1.29, 1.82) is 0 Å². The third kappa shape index (κ3) is 22.5. The highest BCUT2D eigenvalue weighted by Crippen LogP contribution is 2.49. The Morgan fingerprint density at radius 2 is 1.40 bits per heavy atom. The molecule has 0 aliphatic carbocycles. The molecule has 3 aromatic rings. The van der Waals surface area contributed by atoms with E-state index in [1.165, 1.54) is 57.0 Å². The van der Waals surface area contributed by atoms with E-state index in [9.17, 15) is 44.7 Å². The number of carbonyl (C=O) groups is 5. The van der Waals surface area contributed by atoms with Gasteiger partial charge < -0.3 is 69.0 Å². The number of anilines is 1. The third-order valence-electron chi connectivity index (χ3n) is 14.7. The van der Waals surface area contributed by atoms with Crippen LogP contribution in [0.3, 0.4) is 0 Å². The maximum atomic E-state index is 14.0. The summed E-state index contributed by atoms with van der Waals surface area (Å²) >= 11 is 17.6. The van der Waals surface area contributed by atoms with E-state index in [2.05, 4.69) is 24.1 Å². The van der Waals surface area contributed by atoms with Gasteiger partial charge in [0.1, 0.15) is 40.7 Å². The number of alkyl halides is 2. The summed E-state index contributed by atoms with van der Waals surface area (Å²) in [7, 11) is 7.97. The minimum Gasteiger partial charge on any atom is -0.504 e. The smallest absolute Gasteiger partial charge is 0.409 e. The van der Waals surface area contributed by atoms with Crippen molar-refractivity contribution < 1.29 is 78.3 Å². The van der Waals surface area contributed by atoms with Gasteiger partial charge in [0, 0.05) is 72.2 Å². The molecule has 10 atom stereocenters. The first kappa shape index (κ1) is 76.6. The SMILES string of the molecule is CC(=O)O.CN(CCCl)CCCl.COc1cc2cc(c1Cl)N(C)C(=O)C[C@H](OC(=O)[C@H](C)N(C)C(C)=O)[C@]1(C)O[C@H]1[C@H](C)[C@@H]1C[C@@](O)(NC(=O)O1)[C@H](OC)/C=C\C=C(\C)C2.C[C@H](Cc1ccc(O)c(O)c1)[C@@H](C)Cc1ccc(O)c(O)c1.Cl.Cl. The predicted octanol–water partition coefficient (Wildman–Crippen LogP) is 9.43. The summed E-state index contributed by atoms with van der Waals surface area (Å²) in [5.41, 5.74) is 1.08. The van der Waals surface area contributed by atoms with Gasteiger partial charge in [0.05, 0.1) is 25.3 Å². The molecule has 2 saturated heterocycles. The molecule has 3 aromatic carbocycles. The lowest BCUT2D eigenvalue weighted by molar-refractivity contribution is -0.161. The molecule has 472 valence electrons. The van der Waals surface area contributed by atoms with Crippen LogP contribution in [0.25, 0.3) is 0 Å². The van der Waals surface area contributed by atoms with Gasteiger partial charge >= 0.3 is 12.1 Å². The zero-order valence-corrected chi connectivity index (χ0v) is 53.8. The average molecular weight is 1280 g/mol. The molecule has 3 amide bonds. The molecule has 0 unspecified atom stereocenters. The molecule has 0 aromatic heterocycles. The summed E-state index contributed by atoms with van der Waals surface area (Å²) in [5, 5.41) is 59.6. The number of hydrogen-bond donors (Lipinski definition) is 7. The number of phenols is 4. The number of benzene rings is 3.